The predicted molar refractivity (Wildman–Crippen MR) is 104 cm³/mol. The van der Waals surface area contributed by atoms with Gasteiger partial charge in [-0.2, -0.15) is 0 Å². The lowest BCUT2D eigenvalue weighted by Gasteiger charge is -2.39. The van der Waals surface area contributed by atoms with Crippen LogP contribution in [0.15, 0.2) is 35.5 Å². The van der Waals surface area contributed by atoms with E-state index in [0.717, 1.165) is 38.3 Å². The van der Waals surface area contributed by atoms with Crippen LogP contribution in [0.3, 0.4) is 0 Å². The summed E-state index contributed by atoms with van der Waals surface area (Å²) in [6, 6.07) is 6.66. The summed E-state index contributed by atoms with van der Waals surface area (Å²) < 4.78 is 6.94. The Hall–Kier alpha value is -2.41. The molecule has 2 fully saturated rings. The first-order valence-corrected chi connectivity index (χ1v) is 9.66. The number of pyridine rings is 1. The van der Waals surface area contributed by atoms with E-state index in [1.54, 1.807) is 24.1 Å². The lowest BCUT2D eigenvalue weighted by atomic mass is 10.0. The average Bonchev–Trinajstić information content (AvgIpc) is 3.51. The molecule has 2 aromatic heterocycles. The van der Waals surface area contributed by atoms with Crippen LogP contribution in [0.4, 0.5) is 5.82 Å². The Morgan fingerprint density at radius 2 is 1.89 bits per heavy atom. The Balaban J connectivity index is 1.41. The minimum Gasteiger partial charge on any atom is -0.481 e. The number of hydrogen-bond acceptors (Lipinski definition) is 6. The molecule has 7 nitrogen and oxygen atoms in total. The van der Waals surface area contributed by atoms with Crippen LogP contribution in [0, 0.1) is 0 Å². The summed E-state index contributed by atoms with van der Waals surface area (Å²) in [5, 5.41) is 0. The summed E-state index contributed by atoms with van der Waals surface area (Å²) in [6.45, 7) is 3.00. The second-order valence-corrected chi connectivity index (χ2v) is 7.55. The molecule has 1 aliphatic carbocycles. The quantitative estimate of drug-likeness (QED) is 0.774. The largest absolute Gasteiger partial charge is 0.481 e. The van der Waals surface area contributed by atoms with Gasteiger partial charge in [0, 0.05) is 57.1 Å². The summed E-state index contributed by atoms with van der Waals surface area (Å²) in [4.78, 5) is 25.2. The summed E-state index contributed by atoms with van der Waals surface area (Å²) in [6.07, 6.45) is 8.26. The topological polar surface area (TPSA) is 63.5 Å². The molecule has 2 aliphatic rings. The molecule has 0 N–H and O–H groups in total. The summed E-state index contributed by atoms with van der Waals surface area (Å²) >= 11 is 0. The lowest BCUT2D eigenvalue weighted by molar-refractivity contribution is 0.200. The van der Waals surface area contributed by atoms with Crippen LogP contribution >= 0.6 is 0 Å². The first kappa shape index (κ1) is 18.0. The number of anilines is 1. The number of rotatable bonds is 6. The van der Waals surface area contributed by atoms with Crippen molar-refractivity contribution in [3.8, 4) is 5.88 Å². The monoisotopic (exact) mass is 369 g/mol. The van der Waals surface area contributed by atoms with Gasteiger partial charge in [-0.25, -0.2) is 9.97 Å². The number of hydrogen-bond donors (Lipinski definition) is 0. The Kier molecular flexibility index (Phi) is 5.11. The van der Waals surface area contributed by atoms with Crippen LogP contribution in [-0.2, 0) is 13.6 Å². The molecule has 1 saturated heterocycles. The van der Waals surface area contributed by atoms with Gasteiger partial charge in [0.2, 0.25) is 11.4 Å². The van der Waals surface area contributed by atoms with Crippen molar-refractivity contribution in [1.29, 1.82) is 0 Å². The number of piperidine rings is 1. The number of likely N-dealkylation sites (tertiary alicyclic amines) is 1. The van der Waals surface area contributed by atoms with Crippen molar-refractivity contribution >= 4 is 5.82 Å². The van der Waals surface area contributed by atoms with Gasteiger partial charge in [0.05, 0.1) is 7.11 Å². The molecule has 0 atom stereocenters. The second kappa shape index (κ2) is 7.68. The predicted octanol–water partition coefficient (Wildman–Crippen LogP) is 1.82. The highest BCUT2D eigenvalue weighted by Crippen LogP contribution is 2.36. The Labute approximate surface area is 159 Å². The van der Waals surface area contributed by atoms with Gasteiger partial charge in [-0.1, -0.05) is 6.07 Å². The van der Waals surface area contributed by atoms with E-state index in [4.69, 9.17) is 4.74 Å². The number of ether oxygens (including phenoxy) is 1. The van der Waals surface area contributed by atoms with E-state index in [1.807, 2.05) is 25.4 Å². The van der Waals surface area contributed by atoms with Crippen LogP contribution in [0.5, 0.6) is 5.88 Å². The molecule has 0 radical (unpaired) electrons. The molecule has 7 heteroatoms. The molecule has 144 valence electrons. The van der Waals surface area contributed by atoms with Crippen LogP contribution in [0.1, 0.15) is 31.2 Å². The van der Waals surface area contributed by atoms with E-state index in [9.17, 15) is 4.79 Å². The zero-order valence-corrected chi connectivity index (χ0v) is 16.0. The van der Waals surface area contributed by atoms with E-state index in [1.165, 1.54) is 18.4 Å². The first-order valence-electron chi connectivity index (χ1n) is 9.66. The number of methoxy groups -OCH3 is 1. The van der Waals surface area contributed by atoms with Crippen molar-refractivity contribution in [1.82, 2.24) is 19.4 Å². The van der Waals surface area contributed by atoms with Gasteiger partial charge >= 0.3 is 0 Å². The highest BCUT2D eigenvalue weighted by Gasteiger charge is 2.36. The maximum absolute atomic E-state index is 11.6. The van der Waals surface area contributed by atoms with E-state index >= 15 is 0 Å². The average molecular weight is 369 g/mol. The van der Waals surface area contributed by atoms with Gasteiger partial charge in [-0.3, -0.25) is 9.69 Å². The Morgan fingerprint density at radius 1 is 1.15 bits per heavy atom. The van der Waals surface area contributed by atoms with E-state index in [0.29, 0.717) is 18.0 Å². The molecule has 27 heavy (non-hydrogen) atoms. The van der Waals surface area contributed by atoms with E-state index in [-0.39, 0.29) is 5.56 Å². The molecule has 0 unspecified atom stereocenters. The molecule has 0 spiro atoms. The third-order valence-electron chi connectivity index (χ3n) is 5.55. The third kappa shape index (κ3) is 4.13. The van der Waals surface area contributed by atoms with Gasteiger partial charge in [-0.05, 0) is 31.2 Å². The zero-order chi connectivity index (χ0) is 18.8. The van der Waals surface area contributed by atoms with Crippen LogP contribution in [-0.4, -0.2) is 51.7 Å². The highest BCUT2D eigenvalue weighted by molar-refractivity contribution is 5.45. The number of aryl methyl sites for hydroxylation is 1. The van der Waals surface area contributed by atoms with Crippen LogP contribution in [0.25, 0.3) is 0 Å². The molecule has 1 saturated carbocycles. The minimum atomic E-state index is 0.0396. The fourth-order valence-electron chi connectivity index (χ4n) is 3.97. The minimum absolute atomic E-state index is 0.0396. The molecule has 2 aromatic rings. The van der Waals surface area contributed by atoms with Gasteiger partial charge in [0.1, 0.15) is 12.1 Å². The maximum atomic E-state index is 11.6. The smallest absolute Gasteiger partial charge is 0.250 e. The van der Waals surface area contributed by atoms with Crippen molar-refractivity contribution in [2.45, 2.75) is 44.3 Å². The summed E-state index contributed by atoms with van der Waals surface area (Å²) in [7, 11) is 3.45. The van der Waals surface area contributed by atoms with E-state index < -0.39 is 0 Å². The Morgan fingerprint density at radius 3 is 2.56 bits per heavy atom. The SMILES string of the molecule is COc1cc(N(C2CC2)C2CCN(Cc3ccc(=O)n(C)c3)CC2)ncn1. The molecule has 0 bridgehead atoms. The second-order valence-electron chi connectivity index (χ2n) is 7.55. The molecular weight excluding hydrogens is 342 g/mol. The van der Waals surface area contributed by atoms with Gasteiger partial charge < -0.3 is 14.2 Å². The van der Waals surface area contributed by atoms with Crippen molar-refractivity contribution in [2.75, 3.05) is 25.1 Å². The highest BCUT2D eigenvalue weighted by atomic mass is 16.5. The molecule has 4 rings (SSSR count). The molecule has 0 amide bonds. The summed E-state index contributed by atoms with van der Waals surface area (Å²) in [5.41, 5.74) is 1.23. The normalized spacial score (nSPS) is 18.4. The molecule has 3 heterocycles. The van der Waals surface area contributed by atoms with Gasteiger partial charge in [-0.15, -0.1) is 0 Å². The maximum Gasteiger partial charge on any atom is 0.250 e. The van der Waals surface area contributed by atoms with Gasteiger partial charge in [0.25, 0.3) is 0 Å². The summed E-state index contributed by atoms with van der Waals surface area (Å²) in [5.74, 6) is 1.61. The molecule has 0 aromatic carbocycles. The number of aromatic nitrogens is 3. The number of nitrogens with zero attached hydrogens (tertiary/aromatic N) is 5. The van der Waals surface area contributed by atoms with Crippen molar-refractivity contribution < 1.29 is 4.74 Å². The fourth-order valence-corrected chi connectivity index (χ4v) is 3.97. The molecule has 1 aliphatic heterocycles. The van der Waals surface area contributed by atoms with Crippen molar-refractivity contribution in [3.05, 3.63) is 46.6 Å². The van der Waals surface area contributed by atoms with E-state index in [2.05, 4.69) is 19.8 Å². The fraction of sp³-hybridized carbons (Fsp3) is 0.550. The third-order valence-corrected chi connectivity index (χ3v) is 5.55. The van der Waals surface area contributed by atoms with Crippen LogP contribution in [0.2, 0.25) is 0 Å². The van der Waals surface area contributed by atoms with Crippen LogP contribution < -0.4 is 15.2 Å². The molecular formula is C20H27N5O2. The Bertz CT molecular complexity index is 840. The van der Waals surface area contributed by atoms with Crippen molar-refractivity contribution in [3.63, 3.8) is 0 Å². The lowest BCUT2D eigenvalue weighted by Crippen LogP contribution is -2.46. The van der Waals surface area contributed by atoms with Crippen molar-refractivity contribution in [2.24, 2.45) is 7.05 Å². The standard InChI is InChI=1S/C20H27N5O2/c1-23-12-15(3-6-20(23)26)13-24-9-7-17(8-10-24)25(16-4-5-16)18-11-19(27-2)22-14-21-18/h3,6,11-12,14,16-17H,4-5,7-10,13H2,1-2H3. The first-order chi connectivity index (χ1) is 13.1. The van der Waals surface area contributed by atoms with Gasteiger partial charge in [0.15, 0.2) is 0 Å². The zero-order valence-electron chi connectivity index (χ0n) is 16.0.